The Balaban J connectivity index is 2.23. The highest BCUT2D eigenvalue weighted by atomic mass is 79.9. The third kappa shape index (κ3) is 3.65. The van der Waals surface area contributed by atoms with Crippen LogP contribution in [0.3, 0.4) is 0 Å². The van der Waals surface area contributed by atoms with Crippen molar-refractivity contribution in [2.75, 3.05) is 0 Å². The highest BCUT2D eigenvalue weighted by Gasteiger charge is 2.16. The lowest BCUT2D eigenvalue weighted by molar-refractivity contribution is -0.683. The lowest BCUT2D eigenvalue weighted by Gasteiger charge is -2.00. The van der Waals surface area contributed by atoms with E-state index in [0.717, 1.165) is 0 Å². The van der Waals surface area contributed by atoms with Crippen LogP contribution in [-0.4, -0.2) is 16.9 Å². The molecule has 0 aliphatic rings. The van der Waals surface area contributed by atoms with Crippen molar-refractivity contribution in [3.05, 3.63) is 63.3 Å². The molecule has 0 bridgehead atoms. The summed E-state index contributed by atoms with van der Waals surface area (Å²) < 4.78 is 2.13. The fraction of sp³-hybridized carbons (Fsp3) is 0.0714. The predicted molar refractivity (Wildman–Crippen MR) is 77.1 cm³/mol. The number of aromatic carboxylic acids is 1. The second kappa shape index (κ2) is 6.15. The van der Waals surface area contributed by atoms with Gasteiger partial charge in [-0.2, -0.15) is 4.57 Å². The third-order valence-electron chi connectivity index (χ3n) is 2.63. The number of ketones is 1. The predicted octanol–water partition coefficient (Wildman–Crippen LogP) is 2.97. The summed E-state index contributed by atoms with van der Waals surface area (Å²) in [6.45, 7) is 0.0569. The fourth-order valence-corrected chi connectivity index (χ4v) is 2.33. The third-order valence-corrected chi connectivity index (χ3v) is 3.31. The molecule has 1 aromatic carbocycles. The highest BCUT2D eigenvalue weighted by Crippen LogP contribution is 2.11. The Morgan fingerprint density at radius 3 is 2.40 bits per heavy atom. The standard InChI is InChI=1S/C14H9BrClNO3/c15-11-5-10(14(19)20)6-17(7-11)8-13(18)9-1-3-12(16)4-2-9/h1-7H,8H2/p+1. The van der Waals surface area contributed by atoms with Crippen molar-refractivity contribution in [3.8, 4) is 0 Å². The normalized spacial score (nSPS) is 10.3. The van der Waals surface area contributed by atoms with E-state index in [1.54, 1.807) is 30.5 Å². The number of halogens is 2. The monoisotopic (exact) mass is 354 g/mol. The smallest absolute Gasteiger partial charge is 0.341 e. The van der Waals surface area contributed by atoms with Gasteiger partial charge in [0.1, 0.15) is 5.56 Å². The molecule has 4 nitrogen and oxygen atoms in total. The quantitative estimate of drug-likeness (QED) is 0.677. The molecular weight excluding hydrogens is 346 g/mol. The first kappa shape index (κ1) is 14.7. The number of rotatable bonds is 4. The molecule has 0 unspecified atom stereocenters. The average Bonchev–Trinajstić information content (AvgIpc) is 2.38. The molecule has 1 heterocycles. The first-order chi connectivity index (χ1) is 9.45. The van der Waals surface area contributed by atoms with Crippen molar-refractivity contribution in [2.24, 2.45) is 0 Å². The van der Waals surface area contributed by atoms with Gasteiger partial charge in [0.15, 0.2) is 12.4 Å². The van der Waals surface area contributed by atoms with Crippen LogP contribution in [0.5, 0.6) is 0 Å². The van der Waals surface area contributed by atoms with Crippen molar-refractivity contribution in [1.82, 2.24) is 0 Å². The zero-order valence-corrected chi connectivity index (χ0v) is 12.6. The summed E-state index contributed by atoms with van der Waals surface area (Å²) in [5.74, 6) is -1.17. The number of carbonyl (C=O) groups is 2. The number of hydrogen-bond acceptors (Lipinski definition) is 2. The van der Waals surface area contributed by atoms with Gasteiger partial charge in [-0.1, -0.05) is 11.6 Å². The Hall–Kier alpha value is -1.72. The summed E-state index contributed by atoms with van der Waals surface area (Å²) in [5, 5.41) is 9.54. The average molecular weight is 356 g/mol. The number of carboxylic acid groups (broad SMARTS) is 1. The molecule has 1 aromatic heterocycles. The molecule has 0 atom stereocenters. The maximum Gasteiger partial charge on any atom is 0.341 e. The molecule has 0 radical (unpaired) electrons. The number of carbonyl (C=O) groups excluding carboxylic acids is 1. The van der Waals surface area contributed by atoms with E-state index in [1.165, 1.54) is 16.8 Å². The summed E-state index contributed by atoms with van der Waals surface area (Å²) >= 11 is 8.99. The van der Waals surface area contributed by atoms with Crippen molar-refractivity contribution in [1.29, 1.82) is 0 Å². The van der Waals surface area contributed by atoms with Crippen molar-refractivity contribution < 1.29 is 19.3 Å². The van der Waals surface area contributed by atoms with Crippen LogP contribution in [0.25, 0.3) is 0 Å². The molecular formula is C14H10BrClNO3+. The maximum atomic E-state index is 12.1. The SMILES string of the molecule is O=C(O)c1cc(Br)c[n+](CC(=O)c2ccc(Cl)cc2)c1. The van der Waals surface area contributed by atoms with Gasteiger partial charge in [0.2, 0.25) is 12.3 Å². The topological polar surface area (TPSA) is 58.2 Å². The maximum absolute atomic E-state index is 12.1. The van der Waals surface area contributed by atoms with E-state index in [0.29, 0.717) is 15.1 Å². The second-order valence-electron chi connectivity index (χ2n) is 4.15. The van der Waals surface area contributed by atoms with Crippen LogP contribution in [0.15, 0.2) is 47.2 Å². The molecule has 1 N–H and O–H groups in total. The summed E-state index contributed by atoms with van der Waals surface area (Å²) in [4.78, 5) is 23.1. The number of benzene rings is 1. The number of Topliss-reactive ketones (excluding diaryl/α,β-unsaturated/α-hetero) is 1. The van der Waals surface area contributed by atoms with Gasteiger partial charge in [-0.05, 0) is 46.3 Å². The van der Waals surface area contributed by atoms with Crippen molar-refractivity contribution in [3.63, 3.8) is 0 Å². The van der Waals surface area contributed by atoms with Crippen LogP contribution in [0.2, 0.25) is 5.02 Å². The summed E-state index contributed by atoms with van der Waals surface area (Å²) in [7, 11) is 0. The molecule has 0 saturated carbocycles. The first-order valence-electron chi connectivity index (χ1n) is 5.67. The van der Waals surface area contributed by atoms with Crippen molar-refractivity contribution in [2.45, 2.75) is 6.54 Å². The first-order valence-corrected chi connectivity index (χ1v) is 6.84. The summed E-state index contributed by atoms with van der Waals surface area (Å²) in [6.07, 6.45) is 3.07. The van der Waals surface area contributed by atoms with Crippen LogP contribution < -0.4 is 4.57 Å². The van der Waals surface area contributed by atoms with E-state index in [9.17, 15) is 9.59 Å². The molecule has 2 aromatic rings. The number of aromatic nitrogens is 1. The Labute approximate surface area is 128 Å². The van der Waals surface area contributed by atoms with Crippen LogP contribution >= 0.6 is 27.5 Å². The second-order valence-corrected chi connectivity index (χ2v) is 5.50. The van der Waals surface area contributed by atoms with Gasteiger partial charge < -0.3 is 5.11 Å². The van der Waals surface area contributed by atoms with Crippen LogP contribution in [-0.2, 0) is 6.54 Å². The Morgan fingerprint density at radius 2 is 1.80 bits per heavy atom. The van der Waals surface area contributed by atoms with Crippen molar-refractivity contribution >= 4 is 39.3 Å². The van der Waals surface area contributed by atoms with Gasteiger partial charge in [0.05, 0.1) is 4.47 Å². The van der Waals surface area contributed by atoms with E-state index in [-0.39, 0.29) is 17.9 Å². The number of pyridine rings is 1. The Bertz CT molecular complexity index is 671. The molecule has 102 valence electrons. The molecule has 0 aliphatic heterocycles. The van der Waals surface area contributed by atoms with E-state index in [1.807, 2.05) is 0 Å². The summed E-state index contributed by atoms with van der Waals surface area (Å²) in [5.41, 5.74) is 0.641. The largest absolute Gasteiger partial charge is 0.477 e. The number of carboxylic acids is 1. The summed E-state index contributed by atoms with van der Waals surface area (Å²) in [6, 6.07) is 8.04. The Kier molecular flexibility index (Phi) is 4.52. The van der Waals surface area contributed by atoms with Gasteiger partial charge in [0.25, 0.3) is 0 Å². The lowest BCUT2D eigenvalue weighted by Crippen LogP contribution is -2.38. The zero-order chi connectivity index (χ0) is 14.7. The molecule has 0 aliphatic carbocycles. The van der Waals surface area contributed by atoms with Gasteiger partial charge in [-0.25, -0.2) is 4.79 Å². The number of hydrogen-bond donors (Lipinski definition) is 1. The Morgan fingerprint density at radius 1 is 1.15 bits per heavy atom. The van der Waals surface area contributed by atoms with Gasteiger partial charge >= 0.3 is 5.97 Å². The van der Waals surface area contributed by atoms with E-state index in [4.69, 9.17) is 16.7 Å². The van der Waals surface area contributed by atoms with Crippen LogP contribution in [0.4, 0.5) is 0 Å². The number of nitrogens with zero attached hydrogens (tertiary/aromatic N) is 1. The molecule has 6 heteroatoms. The zero-order valence-electron chi connectivity index (χ0n) is 10.2. The van der Waals surface area contributed by atoms with E-state index < -0.39 is 5.97 Å². The minimum atomic E-state index is -1.04. The van der Waals surface area contributed by atoms with E-state index >= 15 is 0 Å². The molecule has 0 fully saturated rings. The lowest BCUT2D eigenvalue weighted by atomic mass is 10.1. The van der Waals surface area contributed by atoms with Gasteiger partial charge in [-0.15, -0.1) is 0 Å². The fourth-order valence-electron chi connectivity index (χ4n) is 1.70. The molecule has 0 saturated heterocycles. The van der Waals surface area contributed by atoms with E-state index in [2.05, 4.69) is 15.9 Å². The minimum Gasteiger partial charge on any atom is -0.477 e. The molecule has 0 amide bonds. The molecule has 20 heavy (non-hydrogen) atoms. The van der Waals surface area contributed by atoms with Crippen LogP contribution in [0.1, 0.15) is 20.7 Å². The highest BCUT2D eigenvalue weighted by molar-refractivity contribution is 9.10. The van der Waals surface area contributed by atoms with Crippen LogP contribution in [0, 0.1) is 0 Å². The van der Waals surface area contributed by atoms with Gasteiger partial charge in [-0.3, -0.25) is 4.79 Å². The molecule has 0 spiro atoms. The van der Waals surface area contributed by atoms with Gasteiger partial charge in [0, 0.05) is 10.6 Å². The minimum absolute atomic E-state index is 0.0569. The molecule has 2 rings (SSSR count).